The third kappa shape index (κ3) is 3.04. The summed E-state index contributed by atoms with van der Waals surface area (Å²) in [5.41, 5.74) is 4.30. The number of aromatic nitrogens is 3. The number of hydrogen-bond acceptors (Lipinski definition) is 3. The van der Waals surface area contributed by atoms with E-state index in [4.69, 9.17) is 0 Å². The molecule has 0 aliphatic rings. The fourth-order valence-electron chi connectivity index (χ4n) is 2.21. The standard InChI is InChI=1S/C14H19BrN4/c1-9-6-5-7-11(17-9)12(16-3)8-13-14(15)10(2)18-19(13)4/h5-7,12,16H,8H2,1-4H3. The van der Waals surface area contributed by atoms with Crippen molar-refractivity contribution in [3.8, 4) is 0 Å². The summed E-state index contributed by atoms with van der Waals surface area (Å²) in [6.45, 7) is 4.02. The zero-order chi connectivity index (χ0) is 14.0. The molecule has 0 fully saturated rings. The molecule has 0 radical (unpaired) electrons. The molecule has 0 aliphatic heterocycles. The molecule has 0 saturated carbocycles. The smallest absolute Gasteiger partial charge is 0.0738 e. The van der Waals surface area contributed by atoms with Crippen molar-refractivity contribution < 1.29 is 0 Å². The highest BCUT2D eigenvalue weighted by atomic mass is 79.9. The van der Waals surface area contributed by atoms with E-state index in [1.54, 1.807) is 0 Å². The highest BCUT2D eigenvalue weighted by Crippen LogP contribution is 2.25. The Hall–Kier alpha value is -1.20. The second-order valence-electron chi connectivity index (χ2n) is 4.72. The van der Waals surface area contributed by atoms with Gasteiger partial charge in [-0.3, -0.25) is 9.67 Å². The first kappa shape index (κ1) is 14.2. The van der Waals surface area contributed by atoms with Gasteiger partial charge in [0, 0.05) is 19.2 Å². The van der Waals surface area contributed by atoms with Gasteiger partial charge in [-0.05, 0) is 49.0 Å². The largest absolute Gasteiger partial charge is 0.311 e. The summed E-state index contributed by atoms with van der Waals surface area (Å²) >= 11 is 3.61. The Morgan fingerprint density at radius 1 is 1.37 bits per heavy atom. The van der Waals surface area contributed by atoms with Crippen LogP contribution in [0.1, 0.15) is 28.8 Å². The van der Waals surface area contributed by atoms with Crippen LogP contribution in [0, 0.1) is 13.8 Å². The molecule has 0 aromatic carbocycles. The van der Waals surface area contributed by atoms with Gasteiger partial charge in [0.2, 0.25) is 0 Å². The molecule has 2 rings (SSSR count). The van der Waals surface area contributed by atoms with Gasteiger partial charge < -0.3 is 5.32 Å². The van der Waals surface area contributed by atoms with Crippen LogP contribution in [0.25, 0.3) is 0 Å². The Labute approximate surface area is 122 Å². The predicted octanol–water partition coefficient (Wildman–Crippen LogP) is 2.70. The first-order valence-corrected chi connectivity index (χ1v) is 7.11. The first-order valence-electron chi connectivity index (χ1n) is 6.31. The molecule has 0 aliphatic carbocycles. The zero-order valence-electron chi connectivity index (χ0n) is 11.7. The lowest BCUT2D eigenvalue weighted by Gasteiger charge is -2.16. The van der Waals surface area contributed by atoms with E-state index in [9.17, 15) is 0 Å². The number of nitrogens with one attached hydrogen (secondary N) is 1. The van der Waals surface area contributed by atoms with Crippen LogP contribution in [0.3, 0.4) is 0 Å². The molecule has 1 unspecified atom stereocenters. The van der Waals surface area contributed by atoms with Crippen molar-refractivity contribution >= 4 is 15.9 Å². The van der Waals surface area contributed by atoms with Gasteiger partial charge in [-0.1, -0.05) is 6.07 Å². The molecule has 0 amide bonds. The summed E-state index contributed by atoms with van der Waals surface area (Å²) in [6.07, 6.45) is 0.852. The van der Waals surface area contributed by atoms with E-state index < -0.39 is 0 Å². The molecule has 4 nitrogen and oxygen atoms in total. The van der Waals surface area contributed by atoms with Crippen LogP contribution in [-0.4, -0.2) is 21.8 Å². The minimum absolute atomic E-state index is 0.186. The Morgan fingerprint density at radius 3 is 2.63 bits per heavy atom. The molecule has 1 N–H and O–H groups in total. The highest BCUT2D eigenvalue weighted by molar-refractivity contribution is 9.10. The number of likely N-dealkylation sites (N-methyl/N-ethyl adjacent to an activating group) is 1. The lowest BCUT2D eigenvalue weighted by molar-refractivity contribution is 0.547. The Morgan fingerprint density at radius 2 is 2.11 bits per heavy atom. The maximum Gasteiger partial charge on any atom is 0.0738 e. The molecule has 2 aromatic heterocycles. The van der Waals surface area contributed by atoms with Crippen LogP contribution in [0.5, 0.6) is 0 Å². The normalized spacial score (nSPS) is 12.7. The quantitative estimate of drug-likeness (QED) is 0.941. The fourth-order valence-corrected chi connectivity index (χ4v) is 2.71. The minimum Gasteiger partial charge on any atom is -0.311 e. The van der Waals surface area contributed by atoms with E-state index in [1.165, 1.54) is 5.69 Å². The van der Waals surface area contributed by atoms with Crippen molar-refractivity contribution in [3.05, 3.63) is 45.4 Å². The second kappa shape index (κ2) is 5.84. The lowest BCUT2D eigenvalue weighted by Crippen LogP contribution is -2.21. The van der Waals surface area contributed by atoms with Crippen LogP contribution in [0.2, 0.25) is 0 Å². The molecule has 2 aromatic rings. The van der Waals surface area contributed by atoms with Gasteiger partial charge in [-0.15, -0.1) is 0 Å². The molecular weight excluding hydrogens is 304 g/mol. The third-order valence-electron chi connectivity index (χ3n) is 3.27. The Balaban J connectivity index is 2.29. The summed E-state index contributed by atoms with van der Waals surface area (Å²) in [5, 5.41) is 7.76. The first-order chi connectivity index (χ1) is 9.02. The Bertz CT molecular complexity index is 577. The maximum absolute atomic E-state index is 4.60. The second-order valence-corrected chi connectivity index (χ2v) is 5.51. The lowest BCUT2D eigenvalue weighted by atomic mass is 10.1. The number of halogens is 1. The number of aryl methyl sites for hydroxylation is 3. The molecular formula is C14H19BrN4. The molecule has 1 atom stereocenters. The number of hydrogen-bond donors (Lipinski definition) is 1. The molecule has 0 spiro atoms. The Kier molecular flexibility index (Phi) is 4.37. The summed E-state index contributed by atoms with van der Waals surface area (Å²) in [6, 6.07) is 6.31. The number of rotatable bonds is 4. The highest BCUT2D eigenvalue weighted by Gasteiger charge is 2.18. The number of nitrogens with zero attached hydrogens (tertiary/aromatic N) is 3. The molecule has 0 saturated heterocycles. The van der Waals surface area contributed by atoms with E-state index in [0.29, 0.717) is 0 Å². The van der Waals surface area contributed by atoms with Gasteiger partial charge in [-0.2, -0.15) is 5.10 Å². The molecule has 0 bridgehead atoms. The van der Waals surface area contributed by atoms with E-state index in [1.807, 2.05) is 44.8 Å². The van der Waals surface area contributed by atoms with Gasteiger partial charge >= 0.3 is 0 Å². The fraction of sp³-hybridized carbons (Fsp3) is 0.429. The molecule has 102 valence electrons. The summed E-state index contributed by atoms with van der Waals surface area (Å²) in [5.74, 6) is 0. The van der Waals surface area contributed by atoms with Crippen molar-refractivity contribution in [1.29, 1.82) is 0 Å². The molecule has 19 heavy (non-hydrogen) atoms. The average Bonchev–Trinajstić information content (AvgIpc) is 2.61. The van der Waals surface area contributed by atoms with Crippen molar-refractivity contribution in [2.24, 2.45) is 7.05 Å². The van der Waals surface area contributed by atoms with Crippen molar-refractivity contribution in [3.63, 3.8) is 0 Å². The van der Waals surface area contributed by atoms with E-state index in [2.05, 4.69) is 37.4 Å². The van der Waals surface area contributed by atoms with Crippen molar-refractivity contribution in [2.75, 3.05) is 7.05 Å². The van der Waals surface area contributed by atoms with Gasteiger partial charge in [0.15, 0.2) is 0 Å². The zero-order valence-corrected chi connectivity index (χ0v) is 13.3. The van der Waals surface area contributed by atoms with Crippen LogP contribution >= 0.6 is 15.9 Å². The van der Waals surface area contributed by atoms with E-state index in [0.717, 1.165) is 28.0 Å². The van der Waals surface area contributed by atoms with Crippen LogP contribution in [0.15, 0.2) is 22.7 Å². The monoisotopic (exact) mass is 322 g/mol. The average molecular weight is 323 g/mol. The van der Waals surface area contributed by atoms with Crippen LogP contribution in [0.4, 0.5) is 0 Å². The topological polar surface area (TPSA) is 42.7 Å². The van der Waals surface area contributed by atoms with Gasteiger partial charge in [-0.25, -0.2) is 0 Å². The predicted molar refractivity (Wildman–Crippen MR) is 80.1 cm³/mol. The van der Waals surface area contributed by atoms with E-state index in [-0.39, 0.29) is 6.04 Å². The summed E-state index contributed by atoms with van der Waals surface area (Å²) in [7, 11) is 3.94. The van der Waals surface area contributed by atoms with Crippen molar-refractivity contribution in [1.82, 2.24) is 20.1 Å². The maximum atomic E-state index is 4.60. The third-order valence-corrected chi connectivity index (χ3v) is 4.31. The minimum atomic E-state index is 0.186. The van der Waals surface area contributed by atoms with Gasteiger partial charge in [0.25, 0.3) is 0 Å². The summed E-state index contributed by atoms with van der Waals surface area (Å²) < 4.78 is 3.02. The molecule has 2 heterocycles. The van der Waals surface area contributed by atoms with E-state index >= 15 is 0 Å². The molecule has 5 heteroatoms. The van der Waals surface area contributed by atoms with Gasteiger partial charge in [0.05, 0.1) is 27.6 Å². The van der Waals surface area contributed by atoms with Crippen LogP contribution in [-0.2, 0) is 13.5 Å². The van der Waals surface area contributed by atoms with Gasteiger partial charge in [0.1, 0.15) is 0 Å². The number of pyridine rings is 1. The SMILES string of the molecule is CNC(Cc1c(Br)c(C)nn1C)c1cccc(C)n1. The van der Waals surface area contributed by atoms with Crippen molar-refractivity contribution in [2.45, 2.75) is 26.3 Å². The summed E-state index contributed by atoms with van der Waals surface area (Å²) in [4.78, 5) is 4.60. The van der Waals surface area contributed by atoms with Crippen LogP contribution < -0.4 is 5.32 Å².